The summed E-state index contributed by atoms with van der Waals surface area (Å²) < 4.78 is 5.05. The van der Waals surface area contributed by atoms with Crippen molar-refractivity contribution in [2.24, 2.45) is 0 Å². The number of nitrogens with zero attached hydrogens (tertiary/aromatic N) is 1. The lowest BCUT2D eigenvalue weighted by Crippen LogP contribution is -2.15. The quantitative estimate of drug-likeness (QED) is 0.431. The smallest absolute Gasteiger partial charge is 0.311 e. The largest absolute Gasteiger partial charge is 0.490 e. The Morgan fingerprint density at radius 3 is 2.37 bits per heavy atom. The van der Waals surface area contributed by atoms with E-state index in [4.69, 9.17) is 4.74 Å². The van der Waals surface area contributed by atoms with Gasteiger partial charge in [-0.25, -0.2) is 0 Å². The fourth-order valence-corrected chi connectivity index (χ4v) is 3.20. The zero-order valence-corrected chi connectivity index (χ0v) is 17.0. The van der Waals surface area contributed by atoms with Crippen LogP contribution in [0, 0.1) is 17.0 Å². The molecule has 0 radical (unpaired) electrons. The molecule has 0 bridgehead atoms. The number of amides is 1. The van der Waals surface area contributed by atoms with Gasteiger partial charge in [0.1, 0.15) is 0 Å². The Morgan fingerprint density at radius 1 is 1.22 bits per heavy atom. The Labute approximate surface area is 163 Å². The summed E-state index contributed by atoms with van der Waals surface area (Å²) in [5.74, 6) is 0.179. The molecule has 7 heteroatoms. The number of hydrogen-bond acceptors (Lipinski definition) is 5. The van der Waals surface area contributed by atoms with E-state index in [0.29, 0.717) is 11.3 Å². The van der Waals surface area contributed by atoms with Gasteiger partial charge in [0.2, 0.25) is 5.91 Å². The van der Waals surface area contributed by atoms with Crippen LogP contribution in [0.15, 0.2) is 41.3 Å². The lowest BCUT2D eigenvalue weighted by molar-refractivity contribution is -0.385. The van der Waals surface area contributed by atoms with Crippen LogP contribution in [0.2, 0.25) is 0 Å². The normalized spacial score (nSPS) is 11.1. The minimum atomic E-state index is -0.505. The number of rotatable bonds is 6. The van der Waals surface area contributed by atoms with Crippen molar-refractivity contribution < 1.29 is 14.5 Å². The van der Waals surface area contributed by atoms with E-state index in [9.17, 15) is 14.9 Å². The van der Waals surface area contributed by atoms with E-state index < -0.39 is 4.92 Å². The van der Waals surface area contributed by atoms with Gasteiger partial charge in [0.25, 0.3) is 0 Å². The van der Waals surface area contributed by atoms with Crippen molar-refractivity contribution >= 4 is 29.0 Å². The number of anilines is 1. The van der Waals surface area contributed by atoms with Gasteiger partial charge in [0, 0.05) is 22.7 Å². The van der Waals surface area contributed by atoms with E-state index in [2.05, 4.69) is 38.2 Å². The molecule has 0 atom stereocenters. The number of nitrogens with one attached hydrogen (secondary N) is 1. The van der Waals surface area contributed by atoms with Crippen LogP contribution >= 0.6 is 11.8 Å². The highest BCUT2D eigenvalue weighted by molar-refractivity contribution is 8.00. The van der Waals surface area contributed by atoms with Crippen molar-refractivity contribution in [1.82, 2.24) is 0 Å². The van der Waals surface area contributed by atoms with Crippen LogP contribution in [0.3, 0.4) is 0 Å². The van der Waals surface area contributed by atoms with E-state index >= 15 is 0 Å². The van der Waals surface area contributed by atoms with E-state index in [1.165, 1.54) is 36.6 Å². The summed E-state index contributed by atoms with van der Waals surface area (Å²) in [6.07, 6.45) is 0. The standard InChI is InChI=1S/C20H24N2O4S/c1-13-10-17(22(24)25)18(26-5)11-16(13)21-19(23)12-27-15-8-6-14(7-9-15)20(2,3)4/h6-11H,12H2,1-5H3,(H,21,23). The highest BCUT2D eigenvalue weighted by atomic mass is 32.2. The summed E-state index contributed by atoms with van der Waals surface area (Å²) in [7, 11) is 1.36. The molecule has 0 fully saturated rings. The Hall–Kier alpha value is -2.54. The molecule has 0 saturated carbocycles. The molecule has 1 amide bonds. The molecule has 0 saturated heterocycles. The van der Waals surface area contributed by atoms with Crippen molar-refractivity contribution in [2.75, 3.05) is 18.2 Å². The van der Waals surface area contributed by atoms with Crippen molar-refractivity contribution in [1.29, 1.82) is 0 Å². The number of carbonyl (C=O) groups excluding carboxylic acids is 1. The topological polar surface area (TPSA) is 81.5 Å². The van der Waals surface area contributed by atoms with Crippen LogP contribution in [0.1, 0.15) is 31.9 Å². The Morgan fingerprint density at radius 2 is 1.85 bits per heavy atom. The molecule has 2 aromatic carbocycles. The minimum Gasteiger partial charge on any atom is -0.490 e. The lowest BCUT2D eigenvalue weighted by Gasteiger charge is -2.19. The van der Waals surface area contributed by atoms with Crippen LogP contribution in [0.4, 0.5) is 11.4 Å². The SMILES string of the molecule is COc1cc(NC(=O)CSc2ccc(C(C)(C)C)cc2)c(C)cc1[N+](=O)[O-]. The maximum Gasteiger partial charge on any atom is 0.311 e. The van der Waals surface area contributed by atoms with Crippen molar-refractivity contribution in [3.05, 3.63) is 57.6 Å². The van der Waals surface area contributed by atoms with Crippen molar-refractivity contribution in [3.63, 3.8) is 0 Å². The van der Waals surface area contributed by atoms with Crippen molar-refractivity contribution in [2.45, 2.75) is 38.0 Å². The summed E-state index contributed by atoms with van der Waals surface area (Å²) in [6.45, 7) is 8.18. The maximum atomic E-state index is 12.3. The van der Waals surface area contributed by atoms with Gasteiger partial charge in [-0.3, -0.25) is 14.9 Å². The van der Waals surface area contributed by atoms with Crippen LogP contribution in [0.5, 0.6) is 5.75 Å². The number of nitro groups is 1. The molecule has 2 rings (SSSR count). The van der Waals surface area contributed by atoms with Gasteiger partial charge < -0.3 is 10.1 Å². The number of methoxy groups -OCH3 is 1. The molecular formula is C20H24N2O4S. The number of thioether (sulfide) groups is 1. The molecule has 0 unspecified atom stereocenters. The number of aryl methyl sites for hydroxylation is 1. The van der Waals surface area contributed by atoms with E-state index in [1.54, 1.807) is 6.92 Å². The molecule has 0 aliphatic rings. The van der Waals surface area contributed by atoms with E-state index in [1.807, 2.05) is 12.1 Å². The van der Waals surface area contributed by atoms with Gasteiger partial charge in [0.05, 0.1) is 17.8 Å². The molecule has 27 heavy (non-hydrogen) atoms. The molecule has 2 aromatic rings. The number of carbonyl (C=O) groups is 1. The fraction of sp³-hybridized carbons (Fsp3) is 0.350. The first-order chi connectivity index (χ1) is 12.6. The third-order valence-corrected chi connectivity index (χ3v) is 5.10. The van der Waals surface area contributed by atoms with E-state index in [-0.39, 0.29) is 28.5 Å². The molecule has 0 aliphatic heterocycles. The Kier molecular flexibility index (Phi) is 6.49. The highest BCUT2D eigenvalue weighted by Crippen LogP contribution is 2.33. The summed E-state index contributed by atoms with van der Waals surface area (Å²) in [5, 5.41) is 13.8. The predicted octanol–water partition coefficient (Wildman–Crippen LogP) is 4.94. The van der Waals surface area contributed by atoms with Gasteiger partial charge >= 0.3 is 5.69 Å². The van der Waals surface area contributed by atoms with Gasteiger partial charge in [-0.15, -0.1) is 11.8 Å². The molecule has 144 valence electrons. The first-order valence-corrected chi connectivity index (χ1v) is 9.46. The van der Waals surface area contributed by atoms with Crippen LogP contribution < -0.4 is 10.1 Å². The molecule has 0 aromatic heterocycles. The average Bonchev–Trinajstić information content (AvgIpc) is 2.60. The van der Waals surface area contributed by atoms with Gasteiger partial charge in [-0.2, -0.15) is 0 Å². The van der Waals surface area contributed by atoms with Gasteiger partial charge in [-0.1, -0.05) is 32.9 Å². The number of nitro benzene ring substituents is 1. The number of benzene rings is 2. The second-order valence-electron chi connectivity index (χ2n) is 7.21. The van der Waals surface area contributed by atoms with Gasteiger partial charge in [-0.05, 0) is 35.6 Å². The molecule has 0 spiro atoms. The number of hydrogen-bond donors (Lipinski definition) is 1. The van der Waals surface area contributed by atoms with Crippen LogP contribution in [-0.4, -0.2) is 23.7 Å². The summed E-state index contributed by atoms with van der Waals surface area (Å²) in [6, 6.07) is 11.1. The number of ether oxygens (including phenoxy) is 1. The summed E-state index contributed by atoms with van der Waals surface area (Å²) in [5.41, 5.74) is 2.32. The molecule has 0 aliphatic carbocycles. The molecule has 0 heterocycles. The maximum absolute atomic E-state index is 12.3. The van der Waals surface area contributed by atoms with Crippen LogP contribution in [0.25, 0.3) is 0 Å². The second-order valence-corrected chi connectivity index (χ2v) is 8.26. The van der Waals surface area contributed by atoms with E-state index in [0.717, 1.165) is 4.90 Å². The molecular weight excluding hydrogens is 364 g/mol. The fourth-order valence-electron chi connectivity index (χ4n) is 2.50. The monoisotopic (exact) mass is 388 g/mol. The van der Waals surface area contributed by atoms with Gasteiger partial charge in [0.15, 0.2) is 5.75 Å². The lowest BCUT2D eigenvalue weighted by atomic mass is 9.87. The van der Waals surface area contributed by atoms with Crippen LogP contribution in [-0.2, 0) is 10.2 Å². The molecule has 6 nitrogen and oxygen atoms in total. The Bertz CT molecular complexity index is 842. The third-order valence-electron chi connectivity index (χ3n) is 4.09. The summed E-state index contributed by atoms with van der Waals surface area (Å²) >= 11 is 1.44. The summed E-state index contributed by atoms with van der Waals surface area (Å²) in [4.78, 5) is 23.8. The second kappa shape index (κ2) is 8.43. The minimum absolute atomic E-state index is 0.0904. The first-order valence-electron chi connectivity index (χ1n) is 8.48. The average molecular weight is 388 g/mol. The predicted molar refractivity (Wildman–Crippen MR) is 109 cm³/mol. The zero-order valence-electron chi connectivity index (χ0n) is 16.2. The van der Waals surface area contributed by atoms with Crippen molar-refractivity contribution in [3.8, 4) is 5.75 Å². The Balaban J connectivity index is 2.03. The molecule has 1 N–H and O–H groups in total. The third kappa shape index (κ3) is 5.47. The highest BCUT2D eigenvalue weighted by Gasteiger charge is 2.18. The first kappa shape index (κ1) is 20.8. The zero-order chi connectivity index (χ0) is 20.2.